The van der Waals surface area contributed by atoms with Crippen LogP contribution in [0.5, 0.6) is 0 Å². The number of ether oxygens (including phenoxy) is 1. The molecule has 3 rings (SSSR count). The van der Waals surface area contributed by atoms with Crippen LogP contribution >= 0.6 is 0 Å². The van der Waals surface area contributed by atoms with Crippen molar-refractivity contribution in [3.8, 4) is 0 Å². The standard InChI is InChI=1S/C15H20N6O/c1-2-4-13(5-3-1)18-15-19-14(12-17-20-15)16-6-7-21-8-10-22-11-9-21/h1-5,12H,6-11H2,(H2,16,18,19,20). The third-order valence-corrected chi connectivity index (χ3v) is 3.43. The molecular formula is C15H20N6O. The molecule has 1 saturated heterocycles. The normalized spacial score (nSPS) is 15.5. The average Bonchev–Trinajstić information content (AvgIpc) is 2.57. The Kier molecular flexibility index (Phi) is 5.12. The number of anilines is 3. The largest absolute Gasteiger partial charge is 0.379 e. The summed E-state index contributed by atoms with van der Waals surface area (Å²) in [6, 6.07) is 9.80. The van der Waals surface area contributed by atoms with Gasteiger partial charge in [-0.2, -0.15) is 10.1 Å². The molecule has 2 aromatic rings. The Hall–Kier alpha value is -2.25. The lowest BCUT2D eigenvalue weighted by Crippen LogP contribution is -2.39. The van der Waals surface area contributed by atoms with Crippen LogP contribution in [0.4, 0.5) is 17.5 Å². The van der Waals surface area contributed by atoms with Crippen molar-refractivity contribution < 1.29 is 4.74 Å². The summed E-state index contributed by atoms with van der Waals surface area (Å²) in [6.45, 7) is 5.41. The van der Waals surface area contributed by atoms with E-state index in [4.69, 9.17) is 4.74 Å². The second-order valence-electron chi connectivity index (χ2n) is 5.04. The van der Waals surface area contributed by atoms with E-state index in [0.29, 0.717) is 5.95 Å². The van der Waals surface area contributed by atoms with E-state index >= 15 is 0 Å². The van der Waals surface area contributed by atoms with E-state index in [1.165, 1.54) is 0 Å². The molecule has 1 aliphatic rings. The number of hydrogen-bond acceptors (Lipinski definition) is 7. The van der Waals surface area contributed by atoms with E-state index in [1.54, 1.807) is 6.20 Å². The quantitative estimate of drug-likeness (QED) is 0.834. The van der Waals surface area contributed by atoms with Gasteiger partial charge in [-0.25, -0.2) is 0 Å². The minimum Gasteiger partial charge on any atom is -0.379 e. The Bertz CT molecular complexity index is 573. The van der Waals surface area contributed by atoms with Crippen LogP contribution in [0.3, 0.4) is 0 Å². The zero-order valence-electron chi connectivity index (χ0n) is 12.4. The van der Waals surface area contributed by atoms with E-state index in [1.807, 2.05) is 30.3 Å². The molecule has 0 bridgehead atoms. The van der Waals surface area contributed by atoms with Crippen LogP contribution in [0.15, 0.2) is 36.5 Å². The van der Waals surface area contributed by atoms with Gasteiger partial charge in [-0.3, -0.25) is 4.90 Å². The zero-order chi connectivity index (χ0) is 15.0. The average molecular weight is 300 g/mol. The first kappa shape index (κ1) is 14.7. The van der Waals surface area contributed by atoms with Crippen molar-refractivity contribution in [3.05, 3.63) is 36.5 Å². The lowest BCUT2D eigenvalue weighted by molar-refractivity contribution is 0.0398. The lowest BCUT2D eigenvalue weighted by atomic mass is 10.3. The van der Waals surface area contributed by atoms with Crippen LogP contribution in [0.1, 0.15) is 0 Å². The molecule has 0 saturated carbocycles. The van der Waals surface area contributed by atoms with Crippen molar-refractivity contribution in [1.82, 2.24) is 20.1 Å². The van der Waals surface area contributed by atoms with Gasteiger partial charge in [0.25, 0.3) is 0 Å². The summed E-state index contributed by atoms with van der Waals surface area (Å²) in [5.74, 6) is 1.21. The second-order valence-corrected chi connectivity index (χ2v) is 5.04. The maximum Gasteiger partial charge on any atom is 0.249 e. The number of hydrogen-bond donors (Lipinski definition) is 2. The summed E-state index contributed by atoms with van der Waals surface area (Å²) in [4.78, 5) is 6.78. The van der Waals surface area contributed by atoms with Crippen LogP contribution in [0.2, 0.25) is 0 Å². The number of para-hydroxylation sites is 1. The molecule has 0 amide bonds. The molecule has 1 fully saturated rings. The van der Waals surface area contributed by atoms with Crippen molar-refractivity contribution in [2.75, 3.05) is 50.0 Å². The minimum absolute atomic E-state index is 0.488. The first-order chi connectivity index (χ1) is 10.9. The van der Waals surface area contributed by atoms with Crippen molar-refractivity contribution in [2.45, 2.75) is 0 Å². The molecule has 22 heavy (non-hydrogen) atoms. The molecule has 2 N–H and O–H groups in total. The van der Waals surface area contributed by atoms with E-state index in [0.717, 1.165) is 50.9 Å². The smallest absolute Gasteiger partial charge is 0.249 e. The van der Waals surface area contributed by atoms with Gasteiger partial charge in [0, 0.05) is 31.9 Å². The maximum atomic E-state index is 5.34. The van der Waals surface area contributed by atoms with E-state index in [2.05, 4.69) is 30.7 Å². The topological polar surface area (TPSA) is 75.2 Å². The van der Waals surface area contributed by atoms with Crippen LogP contribution in [-0.2, 0) is 4.74 Å². The number of aromatic nitrogens is 3. The summed E-state index contributed by atoms with van der Waals surface area (Å²) in [5, 5.41) is 14.4. The van der Waals surface area contributed by atoms with Gasteiger partial charge in [0.15, 0.2) is 5.82 Å². The predicted molar refractivity (Wildman–Crippen MR) is 85.3 cm³/mol. The number of nitrogens with zero attached hydrogens (tertiary/aromatic N) is 4. The highest BCUT2D eigenvalue weighted by atomic mass is 16.5. The zero-order valence-corrected chi connectivity index (χ0v) is 12.4. The highest BCUT2D eigenvalue weighted by Crippen LogP contribution is 2.12. The molecule has 7 heteroatoms. The third kappa shape index (κ3) is 4.37. The molecule has 0 unspecified atom stereocenters. The molecule has 0 spiro atoms. The van der Waals surface area contributed by atoms with Crippen molar-refractivity contribution >= 4 is 17.5 Å². The van der Waals surface area contributed by atoms with Gasteiger partial charge in [-0.15, -0.1) is 5.10 Å². The highest BCUT2D eigenvalue weighted by molar-refractivity contribution is 5.53. The Labute approximate surface area is 129 Å². The Morgan fingerprint density at radius 3 is 2.77 bits per heavy atom. The number of rotatable bonds is 6. The minimum atomic E-state index is 0.488. The van der Waals surface area contributed by atoms with Crippen molar-refractivity contribution in [3.63, 3.8) is 0 Å². The van der Waals surface area contributed by atoms with Gasteiger partial charge >= 0.3 is 0 Å². The molecule has 2 heterocycles. The van der Waals surface area contributed by atoms with Gasteiger partial charge in [-0.05, 0) is 12.1 Å². The predicted octanol–water partition coefficient (Wildman–Crippen LogP) is 1.36. The third-order valence-electron chi connectivity index (χ3n) is 3.43. The molecule has 1 aliphatic heterocycles. The van der Waals surface area contributed by atoms with Crippen LogP contribution < -0.4 is 10.6 Å². The summed E-state index contributed by atoms with van der Waals surface area (Å²) in [6.07, 6.45) is 1.63. The van der Waals surface area contributed by atoms with Crippen LogP contribution in [-0.4, -0.2) is 59.5 Å². The summed E-state index contributed by atoms with van der Waals surface area (Å²) < 4.78 is 5.34. The summed E-state index contributed by atoms with van der Waals surface area (Å²) in [5.41, 5.74) is 0.940. The number of benzene rings is 1. The fourth-order valence-electron chi connectivity index (χ4n) is 2.26. The van der Waals surface area contributed by atoms with Crippen LogP contribution in [0.25, 0.3) is 0 Å². The fraction of sp³-hybridized carbons (Fsp3) is 0.400. The molecule has 1 aromatic heterocycles. The first-order valence-corrected chi connectivity index (χ1v) is 7.46. The van der Waals surface area contributed by atoms with E-state index < -0.39 is 0 Å². The Morgan fingerprint density at radius 1 is 1.14 bits per heavy atom. The SMILES string of the molecule is c1ccc(Nc2nncc(NCCN3CCOCC3)n2)cc1. The van der Waals surface area contributed by atoms with E-state index in [-0.39, 0.29) is 0 Å². The van der Waals surface area contributed by atoms with E-state index in [9.17, 15) is 0 Å². The summed E-state index contributed by atoms with van der Waals surface area (Å²) >= 11 is 0. The number of morpholine rings is 1. The van der Waals surface area contributed by atoms with Crippen LogP contribution in [0, 0.1) is 0 Å². The van der Waals surface area contributed by atoms with Gasteiger partial charge in [0.1, 0.15) is 0 Å². The molecule has 116 valence electrons. The molecule has 1 aromatic carbocycles. The molecule has 0 atom stereocenters. The first-order valence-electron chi connectivity index (χ1n) is 7.46. The van der Waals surface area contributed by atoms with Gasteiger partial charge < -0.3 is 15.4 Å². The monoisotopic (exact) mass is 300 g/mol. The van der Waals surface area contributed by atoms with Gasteiger partial charge in [0.05, 0.1) is 19.4 Å². The number of nitrogens with one attached hydrogen (secondary N) is 2. The highest BCUT2D eigenvalue weighted by Gasteiger charge is 2.09. The summed E-state index contributed by atoms with van der Waals surface area (Å²) in [7, 11) is 0. The van der Waals surface area contributed by atoms with Crippen molar-refractivity contribution in [2.24, 2.45) is 0 Å². The second kappa shape index (κ2) is 7.67. The fourth-order valence-corrected chi connectivity index (χ4v) is 2.26. The molecule has 7 nitrogen and oxygen atoms in total. The molecule has 0 aliphatic carbocycles. The lowest BCUT2D eigenvalue weighted by Gasteiger charge is -2.26. The Balaban J connectivity index is 1.50. The van der Waals surface area contributed by atoms with Crippen molar-refractivity contribution in [1.29, 1.82) is 0 Å². The molecular weight excluding hydrogens is 280 g/mol. The Morgan fingerprint density at radius 2 is 1.95 bits per heavy atom. The van der Waals surface area contributed by atoms with Gasteiger partial charge in [0.2, 0.25) is 5.95 Å². The maximum absolute atomic E-state index is 5.34. The van der Waals surface area contributed by atoms with Gasteiger partial charge in [-0.1, -0.05) is 18.2 Å². The molecule has 0 radical (unpaired) electrons.